The number of rotatable bonds is 4. The van der Waals surface area contributed by atoms with Gasteiger partial charge in [0.25, 0.3) is 0 Å². The molecule has 5 heteroatoms. The minimum atomic E-state index is -1.27. The van der Waals surface area contributed by atoms with E-state index in [0.29, 0.717) is 0 Å². The van der Waals surface area contributed by atoms with Gasteiger partial charge >= 0.3 is 5.97 Å². The zero-order chi connectivity index (χ0) is 11.6. The zero-order valence-electron chi connectivity index (χ0n) is 9.30. The molecule has 0 aliphatic heterocycles. The highest BCUT2D eigenvalue weighted by atomic mass is 16.6. The summed E-state index contributed by atoms with van der Waals surface area (Å²) in [6.07, 6.45) is 0. The molecule has 0 bridgehead atoms. The van der Waals surface area contributed by atoms with Gasteiger partial charge in [0.05, 0.1) is 0 Å². The van der Waals surface area contributed by atoms with Gasteiger partial charge in [-0.3, -0.25) is 4.79 Å². The summed E-state index contributed by atoms with van der Waals surface area (Å²) in [6.45, 7) is 6.23. The molecule has 0 saturated heterocycles. The molecule has 0 aliphatic rings. The molecular formula is C9H16BNO3. The summed E-state index contributed by atoms with van der Waals surface area (Å²) in [6, 6.07) is 0. The highest BCUT2D eigenvalue weighted by Gasteiger charge is 2.34. The Morgan fingerprint density at radius 3 is 1.93 bits per heavy atom. The Morgan fingerprint density at radius 2 is 1.64 bits per heavy atom. The first-order chi connectivity index (χ1) is 6.13. The van der Waals surface area contributed by atoms with Crippen LogP contribution in [0.15, 0.2) is 0 Å². The lowest BCUT2D eigenvalue weighted by Gasteiger charge is -2.29. The van der Waals surface area contributed by atoms with Gasteiger partial charge in [0, 0.05) is 0 Å². The van der Waals surface area contributed by atoms with Gasteiger partial charge in [-0.2, -0.15) is 0 Å². The van der Waals surface area contributed by atoms with Crippen LogP contribution in [0.2, 0.25) is 0 Å². The van der Waals surface area contributed by atoms with Gasteiger partial charge in [-0.1, -0.05) is 0 Å². The predicted molar refractivity (Wildman–Crippen MR) is 54.1 cm³/mol. The standard InChI is InChI=1S/C9H16BNO3/c1-8(2,11-5)7(13)14-9(3,4)6(10)12/h11H,1-5H3. The molecule has 0 rings (SSSR count). The summed E-state index contributed by atoms with van der Waals surface area (Å²) in [7, 11) is 6.70. The minimum Gasteiger partial charge on any atom is -0.451 e. The summed E-state index contributed by atoms with van der Waals surface area (Å²) < 4.78 is 4.98. The molecule has 0 amide bonds. The summed E-state index contributed by atoms with van der Waals surface area (Å²) in [5, 5.41) is 2.78. The molecule has 2 radical (unpaired) electrons. The SMILES string of the molecule is [B]C(=O)C(C)(C)OC(=O)C(C)(C)NC. The maximum absolute atomic E-state index is 11.5. The van der Waals surface area contributed by atoms with Gasteiger partial charge in [0.15, 0.2) is 13.4 Å². The number of esters is 1. The van der Waals surface area contributed by atoms with Crippen LogP contribution >= 0.6 is 0 Å². The molecular weight excluding hydrogens is 181 g/mol. The second kappa shape index (κ2) is 4.13. The largest absolute Gasteiger partial charge is 0.451 e. The third kappa shape index (κ3) is 3.14. The van der Waals surface area contributed by atoms with E-state index in [4.69, 9.17) is 12.6 Å². The van der Waals surface area contributed by atoms with Crippen LogP contribution in [0.4, 0.5) is 0 Å². The van der Waals surface area contributed by atoms with Gasteiger partial charge in [0.2, 0.25) is 0 Å². The third-order valence-electron chi connectivity index (χ3n) is 2.08. The molecule has 0 spiro atoms. The summed E-state index contributed by atoms with van der Waals surface area (Å²) in [4.78, 5) is 22.4. The van der Waals surface area contributed by atoms with Crippen LogP contribution in [-0.4, -0.2) is 37.7 Å². The van der Waals surface area contributed by atoms with Crippen molar-refractivity contribution in [3.05, 3.63) is 0 Å². The van der Waals surface area contributed by atoms with E-state index in [1.54, 1.807) is 20.9 Å². The fraction of sp³-hybridized carbons (Fsp3) is 0.778. The van der Waals surface area contributed by atoms with E-state index < -0.39 is 22.8 Å². The first-order valence-electron chi connectivity index (χ1n) is 4.36. The van der Waals surface area contributed by atoms with Crippen molar-refractivity contribution >= 4 is 19.5 Å². The van der Waals surface area contributed by atoms with Crippen LogP contribution in [0.5, 0.6) is 0 Å². The smallest absolute Gasteiger partial charge is 0.326 e. The topological polar surface area (TPSA) is 55.4 Å². The van der Waals surface area contributed by atoms with Crippen LogP contribution in [0.25, 0.3) is 0 Å². The molecule has 0 saturated carbocycles. The normalized spacial score (nSPS) is 12.4. The summed E-state index contributed by atoms with van der Waals surface area (Å²) in [5.74, 6) is -0.510. The fourth-order valence-corrected chi connectivity index (χ4v) is 0.512. The number of carbonyl (C=O) groups is 2. The van der Waals surface area contributed by atoms with Crippen molar-refractivity contribution in [3.63, 3.8) is 0 Å². The summed E-state index contributed by atoms with van der Waals surface area (Å²) >= 11 is 0. The van der Waals surface area contributed by atoms with E-state index in [-0.39, 0.29) is 0 Å². The minimum absolute atomic E-state index is 0.510. The number of carbonyl (C=O) groups excluding carboxylic acids is 2. The van der Waals surface area contributed by atoms with Crippen molar-refractivity contribution in [1.29, 1.82) is 0 Å². The van der Waals surface area contributed by atoms with Crippen molar-refractivity contribution < 1.29 is 14.3 Å². The zero-order valence-corrected chi connectivity index (χ0v) is 9.30. The maximum atomic E-state index is 11.5. The first-order valence-corrected chi connectivity index (χ1v) is 4.36. The molecule has 0 aromatic rings. The molecule has 0 atom stereocenters. The molecule has 0 aromatic heterocycles. The quantitative estimate of drug-likeness (QED) is 0.509. The number of hydrogen-bond donors (Lipinski definition) is 1. The monoisotopic (exact) mass is 197 g/mol. The molecule has 4 nitrogen and oxygen atoms in total. The van der Waals surface area contributed by atoms with Crippen LogP contribution in [0.3, 0.4) is 0 Å². The molecule has 78 valence electrons. The van der Waals surface area contributed by atoms with E-state index in [1.807, 2.05) is 0 Å². The van der Waals surface area contributed by atoms with Crippen molar-refractivity contribution in [2.45, 2.75) is 38.8 Å². The molecule has 0 aliphatic carbocycles. The lowest BCUT2D eigenvalue weighted by molar-refractivity contribution is -0.166. The van der Waals surface area contributed by atoms with Crippen molar-refractivity contribution in [2.75, 3.05) is 7.05 Å². The van der Waals surface area contributed by atoms with Crippen molar-refractivity contribution in [3.8, 4) is 0 Å². The van der Waals surface area contributed by atoms with E-state index in [9.17, 15) is 9.59 Å². The Morgan fingerprint density at radius 1 is 1.21 bits per heavy atom. The Hall–Kier alpha value is -0.835. The van der Waals surface area contributed by atoms with Gasteiger partial charge in [-0.25, -0.2) is 0 Å². The second-order valence-corrected chi connectivity index (χ2v) is 4.14. The van der Waals surface area contributed by atoms with Crippen LogP contribution in [0.1, 0.15) is 27.7 Å². The number of nitrogens with one attached hydrogen (secondary N) is 1. The highest BCUT2D eigenvalue weighted by molar-refractivity contribution is 6.59. The number of hydrogen-bond acceptors (Lipinski definition) is 4. The molecule has 0 aromatic carbocycles. The molecule has 0 unspecified atom stereocenters. The van der Waals surface area contributed by atoms with Gasteiger partial charge < -0.3 is 14.8 Å². The Balaban J connectivity index is 4.56. The lowest BCUT2D eigenvalue weighted by atomic mass is 9.87. The van der Waals surface area contributed by atoms with E-state index in [1.165, 1.54) is 13.8 Å². The van der Waals surface area contributed by atoms with Gasteiger partial charge in [-0.05, 0) is 34.7 Å². The molecule has 14 heavy (non-hydrogen) atoms. The Bertz CT molecular complexity index is 248. The Labute approximate surface area is 85.8 Å². The van der Waals surface area contributed by atoms with Crippen molar-refractivity contribution in [1.82, 2.24) is 5.32 Å². The molecule has 1 N–H and O–H groups in total. The predicted octanol–water partition coefficient (Wildman–Crippen LogP) is 0.00130. The van der Waals surface area contributed by atoms with Crippen LogP contribution in [0, 0.1) is 0 Å². The van der Waals surface area contributed by atoms with Gasteiger partial charge in [-0.15, -0.1) is 0 Å². The second-order valence-electron chi connectivity index (χ2n) is 4.14. The average molecular weight is 197 g/mol. The Kier molecular flexibility index (Phi) is 3.88. The number of likely N-dealkylation sites (N-methyl/N-ethyl adjacent to an activating group) is 1. The van der Waals surface area contributed by atoms with Crippen LogP contribution in [-0.2, 0) is 14.3 Å². The lowest BCUT2D eigenvalue weighted by Crippen LogP contribution is -2.50. The van der Waals surface area contributed by atoms with E-state index >= 15 is 0 Å². The van der Waals surface area contributed by atoms with E-state index in [0.717, 1.165) is 0 Å². The number of ether oxygens (including phenoxy) is 1. The third-order valence-corrected chi connectivity index (χ3v) is 2.08. The highest BCUT2D eigenvalue weighted by Crippen LogP contribution is 2.14. The summed E-state index contributed by atoms with van der Waals surface area (Å²) in [5.41, 5.74) is -2.77. The van der Waals surface area contributed by atoms with Crippen molar-refractivity contribution in [2.24, 2.45) is 0 Å². The van der Waals surface area contributed by atoms with E-state index in [2.05, 4.69) is 5.32 Å². The average Bonchev–Trinajstić information content (AvgIpc) is 2.03. The molecule has 0 fully saturated rings. The van der Waals surface area contributed by atoms with Crippen LogP contribution < -0.4 is 5.32 Å². The molecule has 0 heterocycles. The maximum Gasteiger partial charge on any atom is 0.326 e. The van der Waals surface area contributed by atoms with Gasteiger partial charge in [0.1, 0.15) is 11.2 Å². The fourth-order valence-electron chi connectivity index (χ4n) is 0.512. The first kappa shape index (κ1) is 13.2.